The van der Waals surface area contributed by atoms with Gasteiger partial charge in [-0.3, -0.25) is 19.4 Å². The standard InChI is InChI=1S/C36H50N6O5/c1-34(2,3)47-33(46)39-35(4,5)31(44)38-29(21-26-23-37-28-18-13-12-17-27(26)28)30(43)42-20-14-19-36(24-42,32(45)41(8)40(6)7)22-25-15-10-9-11-16-25/h9-13,15-18,23,29,37H,14,19-22,24H2,1-8H3,(H,38,44)(H,39,46). The molecular formula is C36H50N6O5. The van der Waals surface area contributed by atoms with Crippen molar-refractivity contribution in [3.05, 3.63) is 71.9 Å². The van der Waals surface area contributed by atoms with E-state index in [1.165, 1.54) is 0 Å². The van der Waals surface area contributed by atoms with E-state index in [0.29, 0.717) is 25.8 Å². The van der Waals surface area contributed by atoms with E-state index in [1.54, 1.807) is 56.6 Å². The minimum atomic E-state index is -1.38. The van der Waals surface area contributed by atoms with E-state index in [9.17, 15) is 19.2 Å². The maximum Gasteiger partial charge on any atom is 0.408 e. The van der Waals surface area contributed by atoms with Crippen LogP contribution in [0.2, 0.25) is 0 Å². The van der Waals surface area contributed by atoms with Crippen LogP contribution in [0.15, 0.2) is 60.8 Å². The number of aromatic nitrogens is 1. The summed E-state index contributed by atoms with van der Waals surface area (Å²) in [6.45, 7) is 9.03. The first-order valence-electron chi connectivity index (χ1n) is 16.2. The van der Waals surface area contributed by atoms with Gasteiger partial charge >= 0.3 is 6.09 Å². The lowest BCUT2D eigenvalue weighted by Gasteiger charge is -2.45. The molecule has 0 spiro atoms. The lowest BCUT2D eigenvalue weighted by atomic mass is 9.74. The number of nitrogens with one attached hydrogen (secondary N) is 3. The number of hydrazine groups is 1. The van der Waals surface area contributed by atoms with E-state index in [1.807, 2.05) is 74.9 Å². The van der Waals surface area contributed by atoms with Crippen molar-refractivity contribution in [2.24, 2.45) is 5.41 Å². The molecule has 11 heteroatoms. The van der Waals surface area contributed by atoms with Crippen LogP contribution in [0.5, 0.6) is 0 Å². The predicted molar refractivity (Wildman–Crippen MR) is 182 cm³/mol. The van der Waals surface area contributed by atoms with Gasteiger partial charge in [0.1, 0.15) is 17.2 Å². The number of carbonyl (C=O) groups is 4. The van der Waals surface area contributed by atoms with Gasteiger partial charge < -0.3 is 25.3 Å². The van der Waals surface area contributed by atoms with Gasteiger partial charge in [0.15, 0.2) is 0 Å². The van der Waals surface area contributed by atoms with E-state index in [-0.39, 0.29) is 24.8 Å². The highest BCUT2D eigenvalue weighted by Crippen LogP contribution is 2.36. The highest BCUT2D eigenvalue weighted by Gasteiger charge is 2.46. The van der Waals surface area contributed by atoms with Gasteiger partial charge in [-0.1, -0.05) is 48.5 Å². The monoisotopic (exact) mass is 646 g/mol. The average Bonchev–Trinajstić information content (AvgIpc) is 3.41. The fourth-order valence-corrected chi connectivity index (χ4v) is 6.12. The second-order valence-electron chi connectivity index (χ2n) is 14.3. The fourth-order valence-electron chi connectivity index (χ4n) is 6.12. The van der Waals surface area contributed by atoms with Gasteiger partial charge in [-0.25, -0.2) is 9.80 Å². The van der Waals surface area contributed by atoms with Gasteiger partial charge in [-0.2, -0.15) is 0 Å². The quantitative estimate of drug-likeness (QED) is 0.282. The number of ether oxygens (including phenoxy) is 1. The SMILES string of the molecule is CN(C)N(C)C(=O)C1(Cc2ccccc2)CCCN(C(=O)C(Cc2c[nH]c3ccccc23)NC(=O)C(C)(C)NC(=O)OC(C)(C)C)C1. The van der Waals surface area contributed by atoms with E-state index in [2.05, 4.69) is 15.6 Å². The van der Waals surface area contributed by atoms with Crippen LogP contribution in [0.4, 0.5) is 4.79 Å². The number of carbonyl (C=O) groups excluding carboxylic acids is 4. The number of rotatable bonds is 10. The van der Waals surface area contributed by atoms with Crippen molar-refractivity contribution in [2.75, 3.05) is 34.2 Å². The average molecular weight is 647 g/mol. The van der Waals surface area contributed by atoms with Gasteiger partial charge in [-0.15, -0.1) is 0 Å². The van der Waals surface area contributed by atoms with E-state index >= 15 is 0 Å². The molecule has 1 saturated heterocycles. The van der Waals surface area contributed by atoms with Crippen LogP contribution in [0, 0.1) is 5.41 Å². The summed E-state index contributed by atoms with van der Waals surface area (Å²) in [6.07, 6.45) is 3.06. The molecule has 0 aliphatic carbocycles. The molecule has 1 aliphatic rings. The smallest absolute Gasteiger partial charge is 0.408 e. The van der Waals surface area contributed by atoms with Crippen LogP contribution in [-0.4, -0.2) is 95.1 Å². The zero-order valence-corrected chi connectivity index (χ0v) is 29.0. The molecule has 3 aromatic rings. The maximum absolute atomic E-state index is 14.6. The fraction of sp³-hybridized carbons (Fsp3) is 0.500. The zero-order chi connectivity index (χ0) is 34.6. The third-order valence-corrected chi connectivity index (χ3v) is 8.70. The molecule has 254 valence electrons. The first kappa shape index (κ1) is 35.5. The number of para-hydroxylation sites is 1. The summed E-state index contributed by atoms with van der Waals surface area (Å²) in [7, 11) is 5.38. The van der Waals surface area contributed by atoms with Crippen LogP contribution in [0.25, 0.3) is 10.9 Å². The topological polar surface area (TPSA) is 127 Å². The summed E-state index contributed by atoms with van der Waals surface area (Å²) in [5, 5.41) is 9.90. The molecule has 0 radical (unpaired) electrons. The van der Waals surface area contributed by atoms with Crippen molar-refractivity contribution in [1.82, 2.24) is 30.5 Å². The van der Waals surface area contributed by atoms with Gasteiger partial charge in [-0.05, 0) is 71.1 Å². The van der Waals surface area contributed by atoms with Gasteiger partial charge in [0.05, 0.1) is 5.41 Å². The number of H-pyrrole nitrogens is 1. The number of benzene rings is 2. The molecule has 2 aromatic carbocycles. The first-order chi connectivity index (χ1) is 22.0. The number of piperidine rings is 1. The summed E-state index contributed by atoms with van der Waals surface area (Å²) in [4.78, 5) is 60.0. The van der Waals surface area contributed by atoms with Crippen LogP contribution >= 0.6 is 0 Å². The Balaban J connectivity index is 1.65. The van der Waals surface area contributed by atoms with Crippen molar-refractivity contribution < 1.29 is 23.9 Å². The Hall–Kier alpha value is -4.38. The molecule has 0 bridgehead atoms. The van der Waals surface area contributed by atoms with Crippen molar-refractivity contribution in [3.63, 3.8) is 0 Å². The van der Waals surface area contributed by atoms with Gasteiger partial charge in [0.25, 0.3) is 0 Å². The second-order valence-corrected chi connectivity index (χ2v) is 14.3. The molecule has 11 nitrogen and oxygen atoms in total. The van der Waals surface area contributed by atoms with Crippen molar-refractivity contribution in [1.29, 1.82) is 0 Å². The number of fused-ring (bicyclic) bond motifs is 1. The minimum absolute atomic E-state index is 0.0660. The van der Waals surface area contributed by atoms with Gasteiger partial charge in [0, 0.05) is 57.8 Å². The first-order valence-corrected chi connectivity index (χ1v) is 16.2. The van der Waals surface area contributed by atoms with Crippen molar-refractivity contribution in [2.45, 2.75) is 77.5 Å². The Morgan fingerprint density at radius 2 is 1.64 bits per heavy atom. The highest BCUT2D eigenvalue weighted by molar-refractivity contribution is 5.95. The Labute approximate surface area is 278 Å². The number of alkyl carbamates (subject to hydrolysis) is 1. The number of amides is 4. The summed E-state index contributed by atoms with van der Waals surface area (Å²) in [5.41, 5.74) is -0.188. The largest absolute Gasteiger partial charge is 0.444 e. The number of hydrogen-bond acceptors (Lipinski definition) is 6. The molecular weight excluding hydrogens is 596 g/mol. The molecule has 1 aromatic heterocycles. The molecule has 1 aliphatic heterocycles. The molecule has 0 saturated carbocycles. The zero-order valence-electron chi connectivity index (χ0n) is 29.0. The Morgan fingerprint density at radius 3 is 2.30 bits per heavy atom. The Kier molecular flexibility index (Phi) is 10.7. The van der Waals surface area contributed by atoms with E-state index < -0.39 is 34.6 Å². The molecule has 4 amide bonds. The third kappa shape index (κ3) is 8.71. The second kappa shape index (κ2) is 14.2. The molecule has 2 atom stereocenters. The molecule has 1 fully saturated rings. The number of aromatic amines is 1. The minimum Gasteiger partial charge on any atom is -0.444 e. The maximum atomic E-state index is 14.6. The lowest BCUT2D eigenvalue weighted by Crippen LogP contribution is -2.62. The van der Waals surface area contributed by atoms with Gasteiger partial charge in [0.2, 0.25) is 17.7 Å². The number of hydrogen-bond donors (Lipinski definition) is 3. The van der Waals surface area contributed by atoms with Crippen LogP contribution in [0.3, 0.4) is 0 Å². The van der Waals surface area contributed by atoms with Crippen molar-refractivity contribution in [3.8, 4) is 0 Å². The lowest BCUT2D eigenvalue weighted by molar-refractivity contribution is -0.159. The van der Waals surface area contributed by atoms with E-state index in [4.69, 9.17) is 4.74 Å². The Bertz CT molecular complexity index is 1580. The van der Waals surface area contributed by atoms with Crippen molar-refractivity contribution >= 4 is 34.7 Å². The van der Waals surface area contributed by atoms with Crippen LogP contribution < -0.4 is 10.6 Å². The molecule has 4 rings (SSSR count). The molecule has 2 heterocycles. The van der Waals surface area contributed by atoms with Crippen LogP contribution in [-0.2, 0) is 32.0 Å². The molecule has 47 heavy (non-hydrogen) atoms. The normalized spacial score (nSPS) is 17.7. The summed E-state index contributed by atoms with van der Waals surface area (Å²) < 4.78 is 5.39. The third-order valence-electron chi connectivity index (χ3n) is 8.70. The summed E-state index contributed by atoms with van der Waals surface area (Å²) >= 11 is 0. The van der Waals surface area contributed by atoms with Crippen LogP contribution in [0.1, 0.15) is 58.6 Å². The summed E-state index contributed by atoms with van der Waals surface area (Å²) in [5.74, 6) is -0.879. The Morgan fingerprint density at radius 1 is 0.979 bits per heavy atom. The highest BCUT2D eigenvalue weighted by atomic mass is 16.6. The summed E-state index contributed by atoms with van der Waals surface area (Å²) in [6, 6.07) is 16.7. The predicted octanol–water partition coefficient (Wildman–Crippen LogP) is 4.29. The molecule has 2 unspecified atom stereocenters. The number of likely N-dealkylation sites (tertiary alicyclic amines) is 1. The molecule has 3 N–H and O–H groups in total. The van der Waals surface area contributed by atoms with E-state index in [0.717, 1.165) is 22.0 Å². The number of nitrogens with zero attached hydrogens (tertiary/aromatic N) is 3.